The number of carbonyl (C=O) groups excluding carboxylic acids is 1. The number of nitriles is 1. The summed E-state index contributed by atoms with van der Waals surface area (Å²) in [5, 5.41) is 19.8. The van der Waals surface area contributed by atoms with E-state index >= 15 is 0 Å². The molecule has 0 aromatic carbocycles. The third-order valence-corrected chi connectivity index (χ3v) is 2.73. The van der Waals surface area contributed by atoms with Crippen molar-refractivity contribution in [2.24, 2.45) is 0 Å². The summed E-state index contributed by atoms with van der Waals surface area (Å²) in [7, 11) is 0. The van der Waals surface area contributed by atoms with Gasteiger partial charge in [-0.15, -0.1) is 0 Å². The van der Waals surface area contributed by atoms with Crippen LogP contribution in [-0.4, -0.2) is 28.5 Å². The Balaban J connectivity index is 2.16. The van der Waals surface area contributed by atoms with E-state index in [2.05, 4.69) is 10.3 Å². The van der Waals surface area contributed by atoms with Crippen molar-refractivity contribution >= 4 is 11.9 Å². The Hall–Kier alpha value is -2.42. The van der Waals surface area contributed by atoms with Gasteiger partial charge in [0.1, 0.15) is 11.8 Å². The summed E-state index contributed by atoms with van der Waals surface area (Å²) in [4.78, 5) is 25.9. The van der Waals surface area contributed by atoms with Crippen LogP contribution in [0.2, 0.25) is 0 Å². The van der Waals surface area contributed by atoms with Gasteiger partial charge in [-0.2, -0.15) is 5.26 Å². The molecule has 1 amide bonds. The lowest BCUT2D eigenvalue weighted by atomic mass is 10.1. The highest BCUT2D eigenvalue weighted by Gasteiger charge is 2.06. The molecule has 0 bridgehead atoms. The molecule has 1 heterocycles. The van der Waals surface area contributed by atoms with Crippen molar-refractivity contribution in [3.63, 3.8) is 0 Å². The van der Waals surface area contributed by atoms with Gasteiger partial charge in [0.2, 0.25) is 0 Å². The van der Waals surface area contributed by atoms with Gasteiger partial charge in [0.15, 0.2) is 0 Å². The second-order valence-electron chi connectivity index (χ2n) is 4.36. The van der Waals surface area contributed by atoms with Crippen LogP contribution in [0.5, 0.6) is 0 Å². The summed E-state index contributed by atoms with van der Waals surface area (Å²) in [6, 6.07) is 5.00. The molecule has 6 nitrogen and oxygen atoms in total. The minimum Gasteiger partial charge on any atom is -0.481 e. The number of hydrogen-bond acceptors (Lipinski definition) is 4. The van der Waals surface area contributed by atoms with Crippen molar-refractivity contribution in [2.75, 3.05) is 6.54 Å². The predicted molar refractivity (Wildman–Crippen MR) is 72.0 cm³/mol. The van der Waals surface area contributed by atoms with E-state index in [-0.39, 0.29) is 18.0 Å². The molecule has 0 atom stereocenters. The predicted octanol–water partition coefficient (Wildman–Crippen LogP) is 1.72. The van der Waals surface area contributed by atoms with Crippen molar-refractivity contribution in [3.8, 4) is 6.07 Å². The minimum atomic E-state index is -0.773. The molecular formula is C14H17N3O3. The van der Waals surface area contributed by atoms with Crippen LogP contribution in [-0.2, 0) is 4.79 Å². The van der Waals surface area contributed by atoms with E-state index in [1.165, 1.54) is 12.3 Å². The summed E-state index contributed by atoms with van der Waals surface area (Å²) >= 11 is 0. The van der Waals surface area contributed by atoms with Gasteiger partial charge in [0.25, 0.3) is 5.91 Å². The van der Waals surface area contributed by atoms with Crippen molar-refractivity contribution < 1.29 is 14.7 Å². The van der Waals surface area contributed by atoms with E-state index in [1.807, 2.05) is 6.07 Å². The van der Waals surface area contributed by atoms with Crippen molar-refractivity contribution in [1.82, 2.24) is 10.3 Å². The number of rotatable bonds is 8. The maximum Gasteiger partial charge on any atom is 0.303 e. The minimum absolute atomic E-state index is 0.196. The third-order valence-electron chi connectivity index (χ3n) is 2.73. The molecule has 0 saturated heterocycles. The number of pyridine rings is 1. The van der Waals surface area contributed by atoms with Crippen LogP contribution in [0, 0.1) is 11.3 Å². The number of nitrogens with one attached hydrogen (secondary N) is 1. The van der Waals surface area contributed by atoms with E-state index < -0.39 is 5.97 Å². The van der Waals surface area contributed by atoms with Crippen molar-refractivity contribution in [1.29, 1.82) is 5.26 Å². The molecule has 0 saturated carbocycles. The molecule has 0 spiro atoms. The SMILES string of the molecule is N#Cc1ccc(C(=O)NCCCCCCC(=O)O)nc1. The fraction of sp³-hybridized carbons (Fsp3) is 0.429. The molecule has 0 aliphatic carbocycles. The number of unbranched alkanes of at least 4 members (excludes halogenated alkanes) is 3. The van der Waals surface area contributed by atoms with Crippen LogP contribution in [0.1, 0.15) is 48.2 Å². The average molecular weight is 275 g/mol. The largest absolute Gasteiger partial charge is 0.481 e. The number of nitrogens with zero attached hydrogens (tertiary/aromatic N) is 2. The average Bonchev–Trinajstić information content (AvgIpc) is 2.45. The maximum atomic E-state index is 11.7. The second-order valence-corrected chi connectivity index (χ2v) is 4.36. The summed E-state index contributed by atoms with van der Waals surface area (Å²) in [6.07, 6.45) is 4.76. The van der Waals surface area contributed by atoms with Gasteiger partial charge in [-0.3, -0.25) is 9.59 Å². The summed E-state index contributed by atoms with van der Waals surface area (Å²) in [6.45, 7) is 0.535. The highest BCUT2D eigenvalue weighted by atomic mass is 16.4. The number of aromatic nitrogens is 1. The first-order valence-corrected chi connectivity index (χ1v) is 6.49. The number of carboxylic acids is 1. The molecule has 106 valence electrons. The van der Waals surface area contributed by atoms with E-state index in [0.29, 0.717) is 18.5 Å². The quantitative estimate of drug-likeness (QED) is 0.703. The molecule has 1 aromatic heterocycles. The van der Waals surface area contributed by atoms with E-state index in [1.54, 1.807) is 6.07 Å². The molecule has 6 heteroatoms. The lowest BCUT2D eigenvalue weighted by molar-refractivity contribution is -0.137. The van der Waals surface area contributed by atoms with Crippen molar-refractivity contribution in [2.45, 2.75) is 32.1 Å². The zero-order valence-electron chi connectivity index (χ0n) is 11.1. The first kappa shape index (κ1) is 15.6. The zero-order valence-corrected chi connectivity index (χ0v) is 11.1. The summed E-state index contributed by atoms with van der Waals surface area (Å²) in [5.41, 5.74) is 0.704. The molecule has 1 aromatic rings. The molecule has 0 aliphatic rings. The van der Waals surface area contributed by atoms with Gasteiger partial charge in [0, 0.05) is 19.2 Å². The first-order valence-electron chi connectivity index (χ1n) is 6.49. The topological polar surface area (TPSA) is 103 Å². The maximum absolute atomic E-state index is 11.7. The van der Waals surface area contributed by atoms with Crippen LogP contribution in [0.3, 0.4) is 0 Å². The summed E-state index contributed by atoms with van der Waals surface area (Å²) in [5.74, 6) is -1.04. The monoisotopic (exact) mass is 275 g/mol. The second kappa shape index (κ2) is 8.64. The Bertz CT molecular complexity index is 491. The zero-order chi connectivity index (χ0) is 14.8. The normalized spacial score (nSPS) is 9.75. The Morgan fingerprint density at radius 1 is 1.25 bits per heavy atom. The molecule has 1 rings (SSSR count). The highest BCUT2D eigenvalue weighted by molar-refractivity contribution is 5.92. The van der Waals surface area contributed by atoms with E-state index in [9.17, 15) is 9.59 Å². The van der Waals surface area contributed by atoms with E-state index in [4.69, 9.17) is 10.4 Å². The Kier molecular flexibility index (Phi) is 6.76. The molecule has 0 radical (unpaired) electrons. The molecule has 0 aliphatic heterocycles. The van der Waals surface area contributed by atoms with E-state index in [0.717, 1.165) is 19.3 Å². The van der Waals surface area contributed by atoms with Crippen LogP contribution >= 0.6 is 0 Å². The van der Waals surface area contributed by atoms with Gasteiger partial charge >= 0.3 is 5.97 Å². The fourth-order valence-electron chi connectivity index (χ4n) is 1.64. The van der Waals surface area contributed by atoms with Crippen LogP contribution in [0.4, 0.5) is 0 Å². The van der Waals surface area contributed by atoms with Gasteiger partial charge in [-0.25, -0.2) is 4.98 Å². The number of aliphatic carboxylic acids is 1. The molecular weight excluding hydrogens is 258 g/mol. The van der Waals surface area contributed by atoms with Crippen LogP contribution in [0.25, 0.3) is 0 Å². The van der Waals surface area contributed by atoms with Gasteiger partial charge in [0.05, 0.1) is 5.56 Å². The smallest absolute Gasteiger partial charge is 0.303 e. The van der Waals surface area contributed by atoms with Gasteiger partial charge < -0.3 is 10.4 Å². The number of hydrogen-bond donors (Lipinski definition) is 2. The Labute approximate surface area is 117 Å². The fourth-order valence-corrected chi connectivity index (χ4v) is 1.64. The van der Waals surface area contributed by atoms with Crippen molar-refractivity contribution in [3.05, 3.63) is 29.6 Å². The lowest BCUT2D eigenvalue weighted by Gasteiger charge is -2.04. The van der Waals surface area contributed by atoms with Crippen LogP contribution < -0.4 is 5.32 Å². The molecule has 20 heavy (non-hydrogen) atoms. The third kappa shape index (κ3) is 5.96. The Morgan fingerprint density at radius 3 is 2.60 bits per heavy atom. The standard InChI is InChI=1S/C14H17N3O3/c15-9-11-6-7-12(17-10-11)14(20)16-8-4-2-1-3-5-13(18)19/h6-7,10H,1-5,8H2,(H,16,20)(H,18,19). The number of carboxylic acid groups (broad SMARTS) is 1. The number of amides is 1. The lowest BCUT2D eigenvalue weighted by Crippen LogP contribution is -2.25. The first-order chi connectivity index (χ1) is 9.63. The van der Waals surface area contributed by atoms with Crippen LogP contribution in [0.15, 0.2) is 18.3 Å². The highest BCUT2D eigenvalue weighted by Crippen LogP contribution is 2.03. The molecule has 0 fully saturated rings. The van der Waals surface area contributed by atoms with Gasteiger partial charge in [-0.1, -0.05) is 12.8 Å². The molecule has 2 N–H and O–H groups in total. The summed E-state index contributed by atoms with van der Waals surface area (Å²) < 4.78 is 0. The molecule has 0 unspecified atom stereocenters. The number of carbonyl (C=O) groups is 2. The Morgan fingerprint density at radius 2 is 2.00 bits per heavy atom. The van der Waals surface area contributed by atoms with Gasteiger partial charge in [-0.05, 0) is 25.0 Å².